The molecule has 1 unspecified atom stereocenters. The first kappa shape index (κ1) is 9.78. The lowest BCUT2D eigenvalue weighted by Gasteiger charge is -2.28. The Morgan fingerprint density at radius 1 is 1.57 bits per heavy atom. The van der Waals surface area contributed by atoms with E-state index in [0.29, 0.717) is 5.54 Å². The third kappa shape index (κ3) is 2.01. The van der Waals surface area contributed by atoms with Crippen molar-refractivity contribution in [3.8, 4) is 0 Å². The molecule has 2 rings (SSSR count). The van der Waals surface area contributed by atoms with Gasteiger partial charge < -0.3 is 9.73 Å². The van der Waals surface area contributed by atoms with Crippen LogP contribution in [0.4, 0.5) is 0 Å². The van der Waals surface area contributed by atoms with Gasteiger partial charge >= 0.3 is 0 Å². The fourth-order valence-electron chi connectivity index (χ4n) is 2.55. The van der Waals surface area contributed by atoms with Crippen molar-refractivity contribution >= 4 is 0 Å². The molecule has 2 heterocycles. The van der Waals surface area contributed by atoms with Gasteiger partial charge in [0, 0.05) is 12.0 Å². The number of furan rings is 1. The van der Waals surface area contributed by atoms with Gasteiger partial charge in [0.15, 0.2) is 0 Å². The van der Waals surface area contributed by atoms with Gasteiger partial charge in [-0.15, -0.1) is 0 Å². The molecule has 1 N–H and O–H groups in total. The van der Waals surface area contributed by atoms with Crippen molar-refractivity contribution in [3.63, 3.8) is 0 Å². The minimum absolute atomic E-state index is 0.326. The smallest absolute Gasteiger partial charge is 0.105 e. The zero-order chi connectivity index (χ0) is 9.86. The molecule has 78 valence electrons. The van der Waals surface area contributed by atoms with E-state index in [2.05, 4.69) is 18.3 Å². The molecule has 0 aromatic carbocycles. The summed E-state index contributed by atoms with van der Waals surface area (Å²) in [4.78, 5) is 0. The van der Waals surface area contributed by atoms with Crippen LogP contribution in [0.15, 0.2) is 22.8 Å². The quantitative estimate of drug-likeness (QED) is 0.795. The maximum absolute atomic E-state index is 5.43. The maximum Gasteiger partial charge on any atom is 0.105 e. The molecule has 14 heavy (non-hydrogen) atoms. The lowest BCUT2D eigenvalue weighted by atomic mass is 9.87. The molecule has 1 aliphatic rings. The van der Waals surface area contributed by atoms with Crippen LogP contribution in [0.1, 0.15) is 38.4 Å². The molecule has 1 atom stereocenters. The van der Waals surface area contributed by atoms with E-state index >= 15 is 0 Å². The fraction of sp³-hybridized carbons (Fsp3) is 0.667. The van der Waals surface area contributed by atoms with Crippen molar-refractivity contribution in [2.24, 2.45) is 0 Å². The third-order valence-electron chi connectivity index (χ3n) is 3.15. The number of hydrogen-bond acceptors (Lipinski definition) is 2. The van der Waals surface area contributed by atoms with Gasteiger partial charge in [-0.25, -0.2) is 0 Å². The van der Waals surface area contributed by atoms with Crippen molar-refractivity contribution in [2.45, 2.75) is 44.6 Å². The summed E-state index contributed by atoms with van der Waals surface area (Å²) in [6, 6.07) is 4.06. The van der Waals surface area contributed by atoms with Gasteiger partial charge in [-0.3, -0.25) is 0 Å². The molecule has 0 radical (unpaired) electrons. The molecule has 2 nitrogen and oxygen atoms in total. The minimum Gasteiger partial charge on any atom is -0.469 e. The topological polar surface area (TPSA) is 25.2 Å². The molecule has 0 aliphatic carbocycles. The fourth-order valence-corrected chi connectivity index (χ4v) is 2.55. The zero-order valence-electron chi connectivity index (χ0n) is 8.88. The summed E-state index contributed by atoms with van der Waals surface area (Å²) >= 11 is 0. The van der Waals surface area contributed by atoms with Crippen LogP contribution in [-0.2, 0) is 6.42 Å². The molecule has 0 saturated carbocycles. The first-order valence-corrected chi connectivity index (χ1v) is 5.62. The summed E-state index contributed by atoms with van der Waals surface area (Å²) in [6.45, 7) is 3.42. The maximum atomic E-state index is 5.43. The summed E-state index contributed by atoms with van der Waals surface area (Å²) in [6.07, 6.45) is 7.92. The first-order valence-electron chi connectivity index (χ1n) is 5.62. The van der Waals surface area contributed by atoms with E-state index in [1.807, 2.05) is 6.07 Å². The van der Waals surface area contributed by atoms with Crippen molar-refractivity contribution in [3.05, 3.63) is 24.2 Å². The Bertz CT molecular complexity index is 260. The number of hydrogen-bond donors (Lipinski definition) is 1. The summed E-state index contributed by atoms with van der Waals surface area (Å²) < 4.78 is 5.43. The van der Waals surface area contributed by atoms with Crippen LogP contribution in [0.25, 0.3) is 0 Å². The second kappa shape index (κ2) is 4.18. The number of rotatable bonds is 4. The van der Waals surface area contributed by atoms with Gasteiger partial charge in [0.05, 0.1) is 6.26 Å². The predicted molar refractivity (Wildman–Crippen MR) is 57.3 cm³/mol. The van der Waals surface area contributed by atoms with Crippen LogP contribution >= 0.6 is 0 Å². The average molecular weight is 193 g/mol. The van der Waals surface area contributed by atoms with E-state index in [1.54, 1.807) is 6.26 Å². The van der Waals surface area contributed by atoms with Crippen LogP contribution in [0.5, 0.6) is 0 Å². The predicted octanol–water partition coefficient (Wildman–Crippen LogP) is 2.74. The zero-order valence-corrected chi connectivity index (χ0v) is 8.88. The highest BCUT2D eigenvalue weighted by Crippen LogP contribution is 2.28. The Morgan fingerprint density at radius 2 is 2.50 bits per heavy atom. The molecule has 1 aromatic rings. The normalized spacial score (nSPS) is 26.9. The van der Waals surface area contributed by atoms with Gasteiger partial charge in [-0.05, 0) is 37.9 Å². The standard InChI is InChI=1S/C12H19NO/c1-2-6-12(7-4-8-13-12)10-11-5-3-9-14-11/h3,5,9,13H,2,4,6-8,10H2,1H3. The highest BCUT2D eigenvalue weighted by atomic mass is 16.3. The SMILES string of the molecule is CCCC1(Cc2ccco2)CCCN1. The van der Waals surface area contributed by atoms with E-state index in [1.165, 1.54) is 32.2 Å². The van der Waals surface area contributed by atoms with Crippen molar-refractivity contribution in [1.29, 1.82) is 0 Å². The second-order valence-electron chi connectivity index (χ2n) is 4.32. The molecule has 2 heteroatoms. The Kier molecular flexibility index (Phi) is 2.92. The van der Waals surface area contributed by atoms with E-state index in [4.69, 9.17) is 4.42 Å². The Morgan fingerprint density at radius 3 is 3.07 bits per heavy atom. The minimum atomic E-state index is 0.326. The monoisotopic (exact) mass is 193 g/mol. The number of nitrogens with one attached hydrogen (secondary N) is 1. The molecular formula is C12H19NO. The van der Waals surface area contributed by atoms with Crippen molar-refractivity contribution in [2.75, 3.05) is 6.54 Å². The van der Waals surface area contributed by atoms with Crippen LogP contribution in [-0.4, -0.2) is 12.1 Å². The van der Waals surface area contributed by atoms with Gasteiger partial charge in [0.2, 0.25) is 0 Å². The molecule has 0 bridgehead atoms. The van der Waals surface area contributed by atoms with Crippen LogP contribution in [0.2, 0.25) is 0 Å². The van der Waals surface area contributed by atoms with Crippen LogP contribution in [0, 0.1) is 0 Å². The van der Waals surface area contributed by atoms with Crippen LogP contribution in [0.3, 0.4) is 0 Å². The van der Waals surface area contributed by atoms with Gasteiger partial charge in [-0.1, -0.05) is 13.3 Å². The van der Waals surface area contributed by atoms with Crippen LogP contribution < -0.4 is 5.32 Å². The highest BCUT2D eigenvalue weighted by molar-refractivity contribution is 5.07. The molecule has 0 spiro atoms. The summed E-state index contributed by atoms with van der Waals surface area (Å²) in [5.41, 5.74) is 0.326. The van der Waals surface area contributed by atoms with Crippen molar-refractivity contribution in [1.82, 2.24) is 5.32 Å². The van der Waals surface area contributed by atoms with Crippen molar-refractivity contribution < 1.29 is 4.42 Å². The van der Waals surface area contributed by atoms with Gasteiger partial charge in [-0.2, -0.15) is 0 Å². The molecule has 1 aliphatic heterocycles. The van der Waals surface area contributed by atoms with E-state index < -0.39 is 0 Å². The van der Waals surface area contributed by atoms with E-state index in [9.17, 15) is 0 Å². The Labute approximate surface area is 85.7 Å². The lowest BCUT2D eigenvalue weighted by Crippen LogP contribution is -2.41. The lowest BCUT2D eigenvalue weighted by molar-refractivity contribution is 0.316. The molecule has 1 aromatic heterocycles. The molecular weight excluding hydrogens is 174 g/mol. The summed E-state index contributed by atoms with van der Waals surface area (Å²) in [5, 5.41) is 3.65. The third-order valence-corrected chi connectivity index (χ3v) is 3.15. The molecule has 1 fully saturated rings. The second-order valence-corrected chi connectivity index (χ2v) is 4.32. The highest BCUT2D eigenvalue weighted by Gasteiger charge is 2.33. The summed E-state index contributed by atoms with van der Waals surface area (Å²) in [5.74, 6) is 1.12. The molecule has 0 amide bonds. The molecule has 1 saturated heterocycles. The van der Waals surface area contributed by atoms with E-state index in [0.717, 1.165) is 12.2 Å². The Hall–Kier alpha value is -0.760. The van der Waals surface area contributed by atoms with E-state index in [-0.39, 0.29) is 0 Å². The first-order chi connectivity index (χ1) is 6.85. The van der Waals surface area contributed by atoms with Gasteiger partial charge in [0.1, 0.15) is 5.76 Å². The van der Waals surface area contributed by atoms with Gasteiger partial charge in [0.25, 0.3) is 0 Å². The summed E-state index contributed by atoms with van der Waals surface area (Å²) in [7, 11) is 0. The largest absolute Gasteiger partial charge is 0.469 e. The Balaban J connectivity index is 2.04. The average Bonchev–Trinajstić information content (AvgIpc) is 2.78.